The van der Waals surface area contributed by atoms with E-state index in [-0.39, 0.29) is 11.3 Å². The van der Waals surface area contributed by atoms with E-state index in [1.54, 1.807) is 42.5 Å². The number of benzene rings is 3. The minimum Gasteiger partial charge on any atom is -0.507 e. The Morgan fingerprint density at radius 2 is 1.49 bits per heavy atom. The zero-order valence-electron chi connectivity index (χ0n) is 21.6. The number of carbonyl (C=O) groups is 2. The molecule has 1 atom stereocenters. The smallest absolute Gasteiger partial charge is 0.300 e. The third-order valence-electron chi connectivity index (χ3n) is 6.32. The first-order chi connectivity index (χ1) is 18.0. The van der Waals surface area contributed by atoms with Gasteiger partial charge in [0.25, 0.3) is 11.7 Å². The van der Waals surface area contributed by atoms with Gasteiger partial charge in [-0.3, -0.25) is 14.5 Å². The molecule has 1 N–H and O–H groups in total. The number of aliphatic hydroxyl groups excluding tert-OH is 1. The van der Waals surface area contributed by atoms with E-state index in [2.05, 4.69) is 6.92 Å². The average molecular weight is 500 g/mol. The van der Waals surface area contributed by atoms with Gasteiger partial charge >= 0.3 is 0 Å². The third-order valence-corrected chi connectivity index (χ3v) is 6.32. The van der Waals surface area contributed by atoms with Gasteiger partial charge in [-0.15, -0.1) is 0 Å². The number of carbonyl (C=O) groups excluding carboxylic acids is 2. The van der Waals surface area contributed by atoms with Crippen LogP contribution >= 0.6 is 0 Å². The van der Waals surface area contributed by atoms with Crippen LogP contribution in [0.25, 0.3) is 5.76 Å². The van der Waals surface area contributed by atoms with Crippen LogP contribution in [0.1, 0.15) is 56.3 Å². The van der Waals surface area contributed by atoms with Gasteiger partial charge in [0.2, 0.25) is 0 Å². The number of nitrogens with zero attached hydrogens (tertiary/aromatic N) is 1. The van der Waals surface area contributed by atoms with Crippen LogP contribution in [-0.4, -0.2) is 30.0 Å². The molecular formula is C31H33NO5. The van der Waals surface area contributed by atoms with E-state index in [1.165, 1.54) is 4.90 Å². The second kappa shape index (κ2) is 11.8. The lowest BCUT2D eigenvalue weighted by Crippen LogP contribution is -2.29. The van der Waals surface area contributed by atoms with Crippen molar-refractivity contribution in [3.63, 3.8) is 0 Å². The molecule has 37 heavy (non-hydrogen) atoms. The van der Waals surface area contributed by atoms with Crippen LogP contribution in [-0.2, 0) is 16.0 Å². The van der Waals surface area contributed by atoms with Gasteiger partial charge in [0, 0.05) is 17.3 Å². The Balaban J connectivity index is 1.82. The summed E-state index contributed by atoms with van der Waals surface area (Å²) >= 11 is 0. The van der Waals surface area contributed by atoms with Gasteiger partial charge in [0.1, 0.15) is 17.3 Å². The Morgan fingerprint density at radius 3 is 2.11 bits per heavy atom. The van der Waals surface area contributed by atoms with Crippen molar-refractivity contribution in [1.29, 1.82) is 0 Å². The van der Waals surface area contributed by atoms with Crippen LogP contribution in [0.3, 0.4) is 0 Å². The maximum absolute atomic E-state index is 13.4. The number of ketones is 1. The SMILES string of the molecule is CCCOc1ccc(/C(O)=C2\C(=O)C(=O)N(c3cccc(OCCC)c3)C2c2ccc(CC)cc2)cc1. The highest BCUT2D eigenvalue weighted by Crippen LogP contribution is 2.43. The molecule has 0 aliphatic carbocycles. The second-order valence-corrected chi connectivity index (χ2v) is 8.98. The van der Waals surface area contributed by atoms with Gasteiger partial charge in [-0.25, -0.2) is 0 Å². The van der Waals surface area contributed by atoms with Gasteiger partial charge in [-0.05, 0) is 66.8 Å². The number of anilines is 1. The van der Waals surface area contributed by atoms with Crippen molar-refractivity contribution in [2.75, 3.05) is 18.1 Å². The summed E-state index contributed by atoms with van der Waals surface area (Å²) in [6, 6.07) is 21.0. The third kappa shape index (κ3) is 5.53. The zero-order chi connectivity index (χ0) is 26.4. The molecule has 6 nitrogen and oxygen atoms in total. The van der Waals surface area contributed by atoms with Crippen LogP contribution in [0.2, 0.25) is 0 Å². The molecule has 0 spiro atoms. The number of Topliss-reactive ketones (excluding diaryl/α,β-unsaturated/α-hetero) is 1. The fourth-order valence-corrected chi connectivity index (χ4v) is 4.38. The molecule has 0 bridgehead atoms. The number of ether oxygens (including phenoxy) is 2. The van der Waals surface area contributed by atoms with Crippen LogP contribution in [0.5, 0.6) is 11.5 Å². The quantitative estimate of drug-likeness (QED) is 0.197. The standard InChI is InChI=1S/C31H33NO5/c1-4-18-36-25-16-14-23(15-17-25)29(33)27-28(22-12-10-21(6-3)11-13-22)32(31(35)30(27)34)24-8-7-9-26(20-24)37-19-5-2/h7-17,20,28,33H,4-6,18-19H2,1-3H3/b29-27+. The maximum atomic E-state index is 13.4. The van der Waals surface area contributed by atoms with E-state index in [0.717, 1.165) is 30.4 Å². The molecule has 1 aliphatic rings. The first-order valence-corrected chi connectivity index (χ1v) is 12.8. The molecule has 1 amide bonds. The predicted molar refractivity (Wildman–Crippen MR) is 145 cm³/mol. The molecule has 4 rings (SSSR count). The molecular weight excluding hydrogens is 466 g/mol. The number of amides is 1. The van der Waals surface area contributed by atoms with E-state index < -0.39 is 17.7 Å². The van der Waals surface area contributed by atoms with Crippen LogP contribution in [0, 0.1) is 0 Å². The number of rotatable bonds is 10. The number of hydrogen-bond donors (Lipinski definition) is 1. The summed E-state index contributed by atoms with van der Waals surface area (Å²) in [5.41, 5.74) is 2.90. The Bertz CT molecular complexity index is 1280. The van der Waals surface area contributed by atoms with Crippen molar-refractivity contribution in [3.8, 4) is 11.5 Å². The number of aryl methyl sites for hydroxylation is 1. The van der Waals surface area contributed by atoms with Gasteiger partial charge in [-0.2, -0.15) is 0 Å². The van der Waals surface area contributed by atoms with Crippen molar-refractivity contribution >= 4 is 23.1 Å². The van der Waals surface area contributed by atoms with E-state index in [4.69, 9.17) is 9.47 Å². The molecule has 0 saturated carbocycles. The minimum absolute atomic E-state index is 0.0522. The monoisotopic (exact) mass is 499 g/mol. The molecule has 1 fully saturated rings. The summed E-state index contributed by atoms with van der Waals surface area (Å²) in [7, 11) is 0. The molecule has 1 saturated heterocycles. The highest BCUT2D eigenvalue weighted by Gasteiger charge is 2.47. The van der Waals surface area contributed by atoms with Crippen molar-refractivity contribution < 1.29 is 24.2 Å². The van der Waals surface area contributed by atoms with Crippen LogP contribution in [0.15, 0.2) is 78.4 Å². The predicted octanol–water partition coefficient (Wildman–Crippen LogP) is 6.45. The Hall–Kier alpha value is -4.06. The first kappa shape index (κ1) is 26.0. The molecule has 0 radical (unpaired) electrons. The lowest BCUT2D eigenvalue weighted by molar-refractivity contribution is -0.132. The largest absolute Gasteiger partial charge is 0.507 e. The topological polar surface area (TPSA) is 76.1 Å². The molecule has 1 aliphatic heterocycles. The average Bonchev–Trinajstić information content (AvgIpc) is 3.20. The van der Waals surface area contributed by atoms with Crippen molar-refractivity contribution in [2.45, 2.75) is 46.1 Å². The number of hydrogen-bond acceptors (Lipinski definition) is 5. The summed E-state index contributed by atoms with van der Waals surface area (Å²) < 4.78 is 11.4. The molecule has 0 aromatic heterocycles. The highest BCUT2D eigenvalue weighted by molar-refractivity contribution is 6.51. The number of aliphatic hydroxyl groups is 1. The van der Waals surface area contributed by atoms with Crippen LogP contribution < -0.4 is 14.4 Å². The van der Waals surface area contributed by atoms with Crippen molar-refractivity contribution in [2.24, 2.45) is 0 Å². The molecule has 192 valence electrons. The summed E-state index contributed by atoms with van der Waals surface area (Å²) in [5, 5.41) is 11.4. The lowest BCUT2D eigenvalue weighted by Gasteiger charge is -2.26. The second-order valence-electron chi connectivity index (χ2n) is 8.98. The lowest BCUT2D eigenvalue weighted by atomic mass is 9.94. The van der Waals surface area contributed by atoms with Crippen molar-refractivity contribution in [3.05, 3.63) is 95.1 Å². The van der Waals surface area contributed by atoms with E-state index in [0.29, 0.717) is 36.0 Å². The normalized spacial score (nSPS) is 16.7. The van der Waals surface area contributed by atoms with Gasteiger partial charge in [0.15, 0.2) is 0 Å². The fourth-order valence-electron chi connectivity index (χ4n) is 4.38. The maximum Gasteiger partial charge on any atom is 0.300 e. The summed E-state index contributed by atoms with van der Waals surface area (Å²) in [6.45, 7) is 7.24. The van der Waals surface area contributed by atoms with E-state index in [1.807, 2.05) is 44.2 Å². The molecule has 1 unspecified atom stereocenters. The zero-order valence-corrected chi connectivity index (χ0v) is 21.6. The summed E-state index contributed by atoms with van der Waals surface area (Å²) in [5.74, 6) is -0.348. The van der Waals surface area contributed by atoms with Crippen molar-refractivity contribution in [1.82, 2.24) is 0 Å². The Kier molecular flexibility index (Phi) is 8.29. The van der Waals surface area contributed by atoms with Gasteiger partial charge in [-0.1, -0.05) is 51.1 Å². The van der Waals surface area contributed by atoms with Gasteiger partial charge < -0.3 is 14.6 Å². The molecule has 3 aromatic carbocycles. The molecule has 1 heterocycles. The fraction of sp³-hybridized carbons (Fsp3) is 0.290. The van der Waals surface area contributed by atoms with Gasteiger partial charge in [0.05, 0.1) is 24.8 Å². The summed E-state index contributed by atoms with van der Waals surface area (Å²) in [4.78, 5) is 28.3. The first-order valence-electron chi connectivity index (χ1n) is 12.8. The molecule has 6 heteroatoms. The highest BCUT2D eigenvalue weighted by atomic mass is 16.5. The summed E-state index contributed by atoms with van der Waals surface area (Å²) in [6.07, 6.45) is 2.59. The van der Waals surface area contributed by atoms with Crippen LogP contribution in [0.4, 0.5) is 5.69 Å². The Morgan fingerprint density at radius 1 is 0.838 bits per heavy atom. The minimum atomic E-state index is -0.789. The van der Waals surface area contributed by atoms with E-state index >= 15 is 0 Å². The Labute approximate surface area is 218 Å². The van der Waals surface area contributed by atoms with E-state index in [9.17, 15) is 14.7 Å². The molecule has 3 aromatic rings.